The zero-order valence-electron chi connectivity index (χ0n) is 12.5. The molecule has 0 aliphatic carbocycles. The molecule has 2 aromatic rings. The van der Waals surface area contributed by atoms with Crippen molar-refractivity contribution in [2.24, 2.45) is 0 Å². The van der Waals surface area contributed by atoms with Crippen LogP contribution in [0.1, 0.15) is 11.1 Å². The summed E-state index contributed by atoms with van der Waals surface area (Å²) in [5.41, 5.74) is 2.29. The number of hydrogen-bond acceptors (Lipinski definition) is 3. The molecule has 1 aromatic heterocycles. The number of aryl methyl sites for hydroxylation is 1. The molecule has 0 atom stereocenters. The van der Waals surface area contributed by atoms with Gasteiger partial charge in [0.05, 0.1) is 0 Å². The minimum Gasteiger partial charge on any atom is -0.484 e. The van der Waals surface area contributed by atoms with Crippen LogP contribution in [-0.2, 0) is 11.2 Å². The molecule has 21 heavy (non-hydrogen) atoms. The largest absolute Gasteiger partial charge is 0.484 e. The standard InChI is InChI=1S/C17H20N2O2/c1-14-4-3-5-16(12-14)21-13-17(20)19(2)11-8-15-6-9-18-10-7-15/h3-7,9-10,12H,8,11,13H2,1-2H3. The van der Waals surface area contributed by atoms with E-state index < -0.39 is 0 Å². The predicted octanol–water partition coefficient (Wildman–Crippen LogP) is 2.47. The Balaban J connectivity index is 1.77. The molecule has 0 N–H and O–H groups in total. The van der Waals surface area contributed by atoms with Crippen LogP contribution >= 0.6 is 0 Å². The van der Waals surface area contributed by atoms with E-state index in [0.29, 0.717) is 6.54 Å². The first-order valence-corrected chi connectivity index (χ1v) is 6.97. The number of hydrogen-bond donors (Lipinski definition) is 0. The van der Waals surface area contributed by atoms with Crippen molar-refractivity contribution in [2.75, 3.05) is 20.2 Å². The van der Waals surface area contributed by atoms with E-state index in [1.54, 1.807) is 24.3 Å². The van der Waals surface area contributed by atoms with Crippen LogP contribution in [0.5, 0.6) is 5.75 Å². The van der Waals surface area contributed by atoms with E-state index in [2.05, 4.69) is 4.98 Å². The summed E-state index contributed by atoms with van der Waals surface area (Å²) >= 11 is 0. The molecular weight excluding hydrogens is 264 g/mol. The Morgan fingerprint density at radius 3 is 2.71 bits per heavy atom. The van der Waals surface area contributed by atoms with E-state index in [1.807, 2.05) is 43.3 Å². The zero-order chi connectivity index (χ0) is 15.1. The summed E-state index contributed by atoms with van der Waals surface area (Å²) in [5.74, 6) is 0.705. The van der Waals surface area contributed by atoms with Gasteiger partial charge in [0.1, 0.15) is 5.75 Å². The second-order valence-electron chi connectivity index (χ2n) is 5.03. The van der Waals surface area contributed by atoms with Crippen molar-refractivity contribution in [1.82, 2.24) is 9.88 Å². The van der Waals surface area contributed by atoms with Crippen LogP contribution in [0.25, 0.3) is 0 Å². The molecule has 0 spiro atoms. The van der Waals surface area contributed by atoms with Crippen molar-refractivity contribution >= 4 is 5.91 Å². The maximum Gasteiger partial charge on any atom is 0.260 e. The second-order valence-corrected chi connectivity index (χ2v) is 5.03. The van der Waals surface area contributed by atoms with E-state index in [-0.39, 0.29) is 12.5 Å². The number of nitrogens with zero attached hydrogens (tertiary/aromatic N) is 2. The molecule has 0 unspecified atom stereocenters. The maximum atomic E-state index is 12.0. The van der Waals surface area contributed by atoms with Crippen LogP contribution in [-0.4, -0.2) is 36.0 Å². The van der Waals surface area contributed by atoms with Gasteiger partial charge in [-0.2, -0.15) is 0 Å². The van der Waals surface area contributed by atoms with Crippen molar-refractivity contribution in [1.29, 1.82) is 0 Å². The van der Waals surface area contributed by atoms with Crippen molar-refractivity contribution in [3.8, 4) is 5.75 Å². The summed E-state index contributed by atoms with van der Waals surface area (Å²) < 4.78 is 5.52. The van der Waals surface area contributed by atoms with Crippen LogP contribution in [0.3, 0.4) is 0 Å². The number of carbonyl (C=O) groups excluding carboxylic acids is 1. The molecule has 110 valence electrons. The number of amides is 1. The summed E-state index contributed by atoms with van der Waals surface area (Å²) in [7, 11) is 1.79. The number of ether oxygens (including phenoxy) is 1. The molecule has 1 amide bonds. The Labute approximate surface area is 125 Å². The van der Waals surface area contributed by atoms with Gasteiger partial charge in [-0.15, -0.1) is 0 Å². The minimum atomic E-state index is -0.0226. The van der Waals surface area contributed by atoms with Crippen molar-refractivity contribution < 1.29 is 9.53 Å². The van der Waals surface area contributed by atoms with Gasteiger partial charge in [0.2, 0.25) is 0 Å². The molecule has 0 radical (unpaired) electrons. The third-order valence-corrected chi connectivity index (χ3v) is 3.26. The summed E-state index contributed by atoms with van der Waals surface area (Å²) in [4.78, 5) is 17.7. The fourth-order valence-corrected chi connectivity index (χ4v) is 1.93. The van der Waals surface area contributed by atoms with Gasteiger partial charge in [-0.05, 0) is 48.7 Å². The van der Waals surface area contributed by atoms with Gasteiger partial charge in [0.15, 0.2) is 6.61 Å². The molecule has 1 aromatic carbocycles. The Hall–Kier alpha value is -2.36. The van der Waals surface area contributed by atoms with Gasteiger partial charge < -0.3 is 9.64 Å². The van der Waals surface area contributed by atoms with E-state index in [9.17, 15) is 4.79 Å². The van der Waals surface area contributed by atoms with Gasteiger partial charge in [-0.3, -0.25) is 9.78 Å². The molecule has 0 saturated heterocycles. The van der Waals surface area contributed by atoms with Crippen molar-refractivity contribution in [2.45, 2.75) is 13.3 Å². The van der Waals surface area contributed by atoms with Gasteiger partial charge in [-0.25, -0.2) is 0 Å². The third kappa shape index (κ3) is 4.91. The van der Waals surface area contributed by atoms with E-state index in [1.165, 1.54) is 5.56 Å². The normalized spacial score (nSPS) is 10.2. The number of benzene rings is 1. The lowest BCUT2D eigenvalue weighted by Crippen LogP contribution is -2.33. The fraction of sp³-hybridized carbons (Fsp3) is 0.294. The van der Waals surface area contributed by atoms with E-state index >= 15 is 0 Å². The first kappa shape index (κ1) is 15.0. The summed E-state index contributed by atoms with van der Waals surface area (Å²) in [6.07, 6.45) is 4.34. The Bertz CT molecular complexity index is 584. The highest BCUT2D eigenvalue weighted by Crippen LogP contribution is 2.12. The van der Waals surface area contributed by atoms with Gasteiger partial charge in [-0.1, -0.05) is 12.1 Å². The lowest BCUT2D eigenvalue weighted by atomic mass is 10.2. The topological polar surface area (TPSA) is 42.4 Å². The highest BCUT2D eigenvalue weighted by Gasteiger charge is 2.09. The first-order chi connectivity index (χ1) is 10.1. The van der Waals surface area contributed by atoms with Gasteiger partial charge in [0, 0.05) is 26.0 Å². The number of pyridine rings is 1. The van der Waals surface area contributed by atoms with Crippen LogP contribution in [0.15, 0.2) is 48.8 Å². The molecule has 2 rings (SSSR count). The molecule has 0 aliphatic heterocycles. The molecule has 0 bridgehead atoms. The molecule has 0 aliphatic rings. The summed E-state index contributed by atoms with van der Waals surface area (Å²) in [5, 5.41) is 0. The first-order valence-electron chi connectivity index (χ1n) is 6.97. The Kier molecular flexibility index (Phi) is 5.32. The number of likely N-dealkylation sites (N-methyl/N-ethyl adjacent to an activating group) is 1. The van der Waals surface area contributed by atoms with Gasteiger partial charge >= 0.3 is 0 Å². The number of rotatable bonds is 6. The zero-order valence-corrected chi connectivity index (χ0v) is 12.5. The minimum absolute atomic E-state index is 0.0226. The average Bonchev–Trinajstić information content (AvgIpc) is 2.51. The average molecular weight is 284 g/mol. The predicted molar refractivity (Wildman–Crippen MR) is 82.3 cm³/mol. The van der Waals surface area contributed by atoms with Crippen LogP contribution in [0.2, 0.25) is 0 Å². The van der Waals surface area contributed by atoms with Crippen LogP contribution in [0, 0.1) is 6.92 Å². The van der Waals surface area contributed by atoms with E-state index in [0.717, 1.165) is 17.7 Å². The molecular formula is C17H20N2O2. The van der Waals surface area contributed by atoms with E-state index in [4.69, 9.17) is 4.74 Å². The monoisotopic (exact) mass is 284 g/mol. The quantitative estimate of drug-likeness (QED) is 0.818. The van der Waals surface area contributed by atoms with Crippen molar-refractivity contribution in [3.63, 3.8) is 0 Å². The smallest absolute Gasteiger partial charge is 0.260 e. The molecule has 0 saturated carbocycles. The second kappa shape index (κ2) is 7.43. The van der Waals surface area contributed by atoms with Gasteiger partial charge in [0.25, 0.3) is 5.91 Å². The lowest BCUT2D eigenvalue weighted by molar-refractivity contribution is -0.132. The van der Waals surface area contributed by atoms with Crippen molar-refractivity contribution in [3.05, 3.63) is 59.9 Å². The SMILES string of the molecule is Cc1cccc(OCC(=O)N(C)CCc2ccncc2)c1. The summed E-state index contributed by atoms with van der Waals surface area (Å²) in [6.45, 7) is 2.73. The number of carbonyl (C=O) groups is 1. The molecule has 1 heterocycles. The highest BCUT2D eigenvalue weighted by molar-refractivity contribution is 5.77. The lowest BCUT2D eigenvalue weighted by Gasteiger charge is -2.17. The third-order valence-electron chi connectivity index (χ3n) is 3.26. The van der Waals surface area contributed by atoms with Crippen LogP contribution < -0.4 is 4.74 Å². The summed E-state index contributed by atoms with van der Waals surface area (Å²) in [6, 6.07) is 11.6. The Morgan fingerprint density at radius 2 is 2.00 bits per heavy atom. The molecule has 0 fully saturated rings. The van der Waals surface area contributed by atoms with Crippen LogP contribution in [0.4, 0.5) is 0 Å². The molecule has 4 nitrogen and oxygen atoms in total. The fourth-order valence-electron chi connectivity index (χ4n) is 1.93. The Morgan fingerprint density at radius 1 is 1.24 bits per heavy atom. The maximum absolute atomic E-state index is 12.0. The molecule has 4 heteroatoms. The number of aromatic nitrogens is 1. The highest BCUT2D eigenvalue weighted by atomic mass is 16.5.